The molecule has 1 amide bonds. The molecule has 0 spiro atoms. The van der Waals surface area contributed by atoms with Crippen molar-refractivity contribution >= 4 is 23.4 Å². The number of likely N-dealkylation sites (N-methyl/N-ethyl adjacent to an activating group) is 1. The fraction of sp³-hybridized carbons (Fsp3) is 0.556. The van der Waals surface area contributed by atoms with Crippen molar-refractivity contribution in [2.75, 3.05) is 22.6 Å². The predicted molar refractivity (Wildman–Crippen MR) is 101 cm³/mol. The van der Waals surface area contributed by atoms with Gasteiger partial charge in [-0.1, -0.05) is 0 Å². The number of carbonyl (C=O) groups excluding carboxylic acids is 1. The topological polar surface area (TPSA) is 88.0 Å². The van der Waals surface area contributed by atoms with Crippen LogP contribution in [0.1, 0.15) is 31.2 Å². The monoisotopic (exact) mass is 409 g/mol. The Hall–Kier alpha value is -2.85. The van der Waals surface area contributed by atoms with E-state index in [2.05, 4.69) is 25.7 Å². The zero-order valence-corrected chi connectivity index (χ0v) is 16.3. The van der Waals surface area contributed by atoms with Crippen molar-refractivity contribution < 1.29 is 18.0 Å². The molecule has 0 radical (unpaired) electrons. The van der Waals surface area contributed by atoms with E-state index in [9.17, 15) is 18.0 Å². The van der Waals surface area contributed by atoms with Gasteiger partial charge in [-0.15, -0.1) is 0 Å². The second-order valence-corrected chi connectivity index (χ2v) is 7.68. The first-order valence-electron chi connectivity index (χ1n) is 9.41. The van der Waals surface area contributed by atoms with Crippen molar-refractivity contribution in [3.8, 4) is 0 Å². The van der Waals surface area contributed by atoms with Gasteiger partial charge in [-0.3, -0.25) is 9.48 Å². The lowest BCUT2D eigenvalue weighted by Gasteiger charge is -2.37. The van der Waals surface area contributed by atoms with Gasteiger partial charge in [0.2, 0.25) is 11.9 Å². The molecule has 2 aliphatic rings. The molecule has 2 aromatic rings. The molecule has 1 fully saturated rings. The highest BCUT2D eigenvalue weighted by Gasteiger charge is 2.37. The van der Waals surface area contributed by atoms with Crippen LogP contribution in [0.4, 0.5) is 30.6 Å². The van der Waals surface area contributed by atoms with Crippen LogP contribution in [0.5, 0.6) is 0 Å². The van der Waals surface area contributed by atoms with Crippen molar-refractivity contribution in [3.63, 3.8) is 0 Å². The molecular formula is C18H22F3N7O. The minimum Gasteiger partial charge on any atom is -0.351 e. The lowest BCUT2D eigenvalue weighted by molar-refractivity contribution is -0.144. The number of rotatable bonds is 4. The van der Waals surface area contributed by atoms with Gasteiger partial charge >= 0.3 is 6.18 Å². The van der Waals surface area contributed by atoms with E-state index in [1.807, 2.05) is 0 Å². The Morgan fingerprint density at radius 1 is 1.31 bits per heavy atom. The van der Waals surface area contributed by atoms with Crippen LogP contribution >= 0.6 is 0 Å². The van der Waals surface area contributed by atoms with Crippen LogP contribution in [-0.4, -0.2) is 44.8 Å². The second-order valence-electron chi connectivity index (χ2n) is 7.68. The number of nitrogens with zero attached hydrogens (tertiary/aromatic N) is 5. The molecule has 3 heterocycles. The van der Waals surface area contributed by atoms with E-state index in [4.69, 9.17) is 0 Å². The first-order chi connectivity index (χ1) is 13.6. The molecule has 1 atom stereocenters. The molecule has 1 aliphatic carbocycles. The first-order valence-corrected chi connectivity index (χ1v) is 9.41. The number of halogens is 3. The quantitative estimate of drug-likeness (QED) is 0.807. The molecule has 4 rings (SSSR count). The summed E-state index contributed by atoms with van der Waals surface area (Å²) in [5, 5.41) is 9.89. The number of nitrogens with one attached hydrogen (secondary N) is 2. The van der Waals surface area contributed by atoms with Gasteiger partial charge in [0.1, 0.15) is 17.4 Å². The molecule has 0 unspecified atom stereocenters. The van der Waals surface area contributed by atoms with Crippen molar-refractivity contribution in [2.24, 2.45) is 5.92 Å². The summed E-state index contributed by atoms with van der Waals surface area (Å²) in [6.45, 7) is 3.83. The number of hydrogen-bond acceptors (Lipinski definition) is 6. The Morgan fingerprint density at radius 2 is 2.03 bits per heavy atom. The third-order valence-electron chi connectivity index (χ3n) is 5.62. The largest absolute Gasteiger partial charge is 0.433 e. The van der Waals surface area contributed by atoms with Crippen LogP contribution < -0.4 is 15.5 Å². The summed E-state index contributed by atoms with van der Waals surface area (Å²) in [4.78, 5) is 22.7. The van der Waals surface area contributed by atoms with Crippen molar-refractivity contribution in [1.29, 1.82) is 0 Å². The summed E-state index contributed by atoms with van der Waals surface area (Å²) in [7, 11) is 1.81. The van der Waals surface area contributed by atoms with Crippen molar-refractivity contribution in [3.05, 3.63) is 23.7 Å². The molecule has 0 bridgehead atoms. The average Bonchev–Trinajstić information content (AvgIpc) is 3.08. The summed E-state index contributed by atoms with van der Waals surface area (Å²) in [6, 6.07) is 0.742. The fourth-order valence-electron chi connectivity index (χ4n) is 3.76. The van der Waals surface area contributed by atoms with E-state index in [-0.39, 0.29) is 30.5 Å². The Morgan fingerprint density at radius 3 is 2.72 bits per heavy atom. The Kier molecular flexibility index (Phi) is 4.62. The minimum absolute atomic E-state index is 0.0864. The van der Waals surface area contributed by atoms with Crippen LogP contribution in [0, 0.1) is 12.8 Å². The molecule has 156 valence electrons. The second kappa shape index (κ2) is 6.89. The highest BCUT2D eigenvalue weighted by atomic mass is 19.4. The van der Waals surface area contributed by atoms with Crippen molar-refractivity contribution in [1.82, 2.24) is 19.7 Å². The third kappa shape index (κ3) is 3.60. The average molecular weight is 409 g/mol. The molecule has 2 aromatic heterocycles. The van der Waals surface area contributed by atoms with E-state index in [1.54, 1.807) is 25.8 Å². The third-order valence-corrected chi connectivity index (χ3v) is 5.62. The standard InChI is InChI=1S/C18H22F3N7O/c1-9-14-15(27(3)10(2)16(29)25-14)26-17(23-9)24-12-6-11(7-12)8-28-13(4-5-22-28)18(19,20)21/h4-5,10-12H,6-8H2,1-3H3,(H,25,29)(H,23,24,26)/t10-,11?,12?/m0/s1. The summed E-state index contributed by atoms with van der Waals surface area (Å²) >= 11 is 0. The van der Waals surface area contributed by atoms with E-state index in [1.165, 1.54) is 6.20 Å². The number of aromatic nitrogens is 4. The molecule has 11 heteroatoms. The van der Waals surface area contributed by atoms with Gasteiger partial charge in [0.25, 0.3) is 0 Å². The van der Waals surface area contributed by atoms with Crippen LogP contribution in [0.25, 0.3) is 0 Å². The fourth-order valence-corrected chi connectivity index (χ4v) is 3.76. The number of alkyl halides is 3. The smallest absolute Gasteiger partial charge is 0.351 e. The molecule has 1 saturated carbocycles. The Bertz CT molecular complexity index is 936. The van der Waals surface area contributed by atoms with Crippen LogP contribution in [0.2, 0.25) is 0 Å². The summed E-state index contributed by atoms with van der Waals surface area (Å²) in [5.41, 5.74) is 0.541. The molecule has 8 nitrogen and oxygen atoms in total. The van der Waals surface area contributed by atoms with Gasteiger partial charge in [0.15, 0.2) is 5.82 Å². The molecule has 0 aromatic carbocycles. The highest BCUT2D eigenvalue weighted by molar-refractivity contribution is 6.03. The maximum absolute atomic E-state index is 13.0. The number of carbonyl (C=O) groups is 1. The molecule has 29 heavy (non-hydrogen) atoms. The number of fused-ring (bicyclic) bond motifs is 1. The highest BCUT2D eigenvalue weighted by Crippen LogP contribution is 2.36. The maximum atomic E-state index is 13.0. The maximum Gasteiger partial charge on any atom is 0.433 e. The van der Waals surface area contributed by atoms with Gasteiger partial charge in [0.05, 0.1) is 5.69 Å². The Labute approximate surface area is 165 Å². The SMILES string of the molecule is Cc1nc(NC2CC(Cn3nccc3C(F)(F)F)C2)nc2c1NC(=O)[C@H](C)N2C. The lowest BCUT2D eigenvalue weighted by Crippen LogP contribution is -2.45. The molecule has 2 N–H and O–H groups in total. The van der Waals surface area contributed by atoms with Crippen LogP contribution in [-0.2, 0) is 17.5 Å². The van der Waals surface area contributed by atoms with Gasteiger partial charge in [-0.25, -0.2) is 4.98 Å². The van der Waals surface area contributed by atoms with Gasteiger partial charge < -0.3 is 15.5 Å². The van der Waals surface area contributed by atoms with Crippen LogP contribution in [0.3, 0.4) is 0 Å². The Balaban J connectivity index is 1.40. The molecule has 0 saturated heterocycles. The minimum atomic E-state index is -4.40. The zero-order chi connectivity index (χ0) is 20.9. The van der Waals surface area contributed by atoms with Gasteiger partial charge in [0, 0.05) is 25.8 Å². The van der Waals surface area contributed by atoms with Crippen LogP contribution in [0.15, 0.2) is 12.3 Å². The van der Waals surface area contributed by atoms with E-state index >= 15 is 0 Å². The summed E-state index contributed by atoms with van der Waals surface area (Å²) in [6.07, 6.45) is -1.80. The van der Waals surface area contributed by atoms with E-state index in [0.29, 0.717) is 36.0 Å². The number of amides is 1. The summed E-state index contributed by atoms with van der Waals surface area (Å²) < 4.78 is 39.9. The van der Waals surface area contributed by atoms with E-state index < -0.39 is 11.9 Å². The number of aryl methyl sites for hydroxylation is 1. The first kappa shape index (κ1) is 19.5. The van der Waals surface area contributed by atoms with Gasteiger partial charge in [-0.05, 0) is 38.7 Å². The number of anilines is 3. The molecular weight excluding hydrogens is 387 g/mol. The predicted octanol–water partition coefficient (Wildman–Crippen LogP) is 2.67. The normalized spacial score (nSPS) is 24.0. The van der Waals surface area contributed by atoms with Crippen molar-refractivity contribution in [2.45, 2.75) is 51.5 Å². The van der Waals surface area contributed by atoms with Gasteiger partial charge in [-0.2, -0.15) is 23.3 Å². The molecule has 1 aliphatic heterocycles. The lowest BCUT2D eigenvalue weighted by atomic mass is 9.80. The zero-order valence-electron chi connectivity index (χ0n) is 16.3. The van der Waals surface area contributed by atoms with E-state index in [0.717, 1.165) is 10.7 Å². The summed E-state index contributed by atoms with van der Waals surface area (Å²) in [5.74, 6) is 1.10. The number of hydrogen-bond donors (Lipinski definition) is 2.